The molecule has 4 nitrogen and oxygen atoms in total. The highest BCUT2D eigenvalue weighted by atomic mass is 79.9. The van der Waals surface area contributed by atoms with Crippen LogP contribution in [0, 0.1) is 0 Å². The van der Waals surface area contributed by atoms with Crippen LogP contribution in [0.2, 0.25) is 0 Å². The molecule has 0 aliphatic carbocycles. The van der Waals surface area contributed by atoms with Gasteiger partial charge in [-0.1, -0.05) is 22.9 Å². The molecule has 0 saturated heterocycles. The number of hydrogen-bond acceptors (Lipinski definition) is 3. The third-order valence-corrected chi connectivity index (χ3v) is 4.29. The van der Waals surface area contributed by atoms with E-state index in [2.05, 4.69) is 20.7 Å². The summed E-state index contributed by atoms with van der Waals surface area (Å²) >= 11 is 3.26. The topological polar surface area (TPSA) is 72.2 Å². The molecule has 0 fully saturated rings. The van der Waals surface area contributed by atoms with Crippen molar-refractivity contribution in [2.75, 3.05) is 6.54 Å². The number of benzene rings is 1. The largest absolute Gasteiger partial charge is 0.329 e. The molecule has 1 unspecified atom stereocenters. The van der Waals surface area contributed by atoms with E-state index in [1.807, 2.05) is 6.92 Å². The molecule has 0 heterocycles. The van der Waals surface area contributed by atoms with Crippen molar-refractivity contribution in [3.8, 4) is 0 Å². The number of nitrogens with one attached hydrogen (secondary N) is 1. The lowest BCUT2D eigenvalue weighted by atomic mass is 10.2. The SMILES string of the molecule is CCC(CN)NS(=O)(=O)c1ccc(Br)cc1. The summed E-state index contributed by atoms with van der Waals surface area (Å²) in [5, 5.41) is 0. The van der Waals surface area contributed by atoms with Gasteiger partial charge in [0.1, 0.15) is 0 Å². The van der Waals surface area contributed by atoms with Gasteiger partial charge in [-0.3, -0.25) is 0 Å². The molecule has 1 atom stereocenters. The minimum absolute atomic E-state index is 0.214. The quantitative estimate of drug-likeness (QED) is 0.865. The van der Waals surface area contributed by atoms with Gasteiger partial charge in [-0.05, 0) is 30.7 Å². The summed E-state index contributed by atoms with van der Waals surface area (Å²) in [5.74, 6) is 0. The first-order valence-corrected chi connectivity index (χ1v) is 7.25. The van der Waals surface area contributed by atoms with Gasteiger partial charge in [-0.25, -0.2) is 13.1 Å². The Morgan fingerprint density at radius 1 is 1.38 bits per heavy atom. The Kier molecular flexibility index (Phi) is 4.91. The van der Waals surface area contributed by atoms with Crippen LogP contribution in [0.5, 0.6) is 0 Å². The van der Waals surface area contributed by atoms with Gasteiger partial charge in [0.2, 0.25) is 10.0 Å². The van der Waals surface area contributed by atoms with Gasteiger partial charge in [0.25, 0.3) is 0 Å². The Morgan fingerprint density at radius 2 is 1.94 bits per heavy atom. The molecule has 0 bridgehead atoms. The lowest BCUT2D eigenvalue weighted by molar-refractivity contribution is 0.542. The van der Waals surface area contributed by atoms with Crippen molar-refractivity contribution in [2.24, 2.45) is 5.73 Å². The summed E-state index contributed by atoms with van der Waals surface area (Å²) in [6.45, 7) is 2.19. The van der Waals surface area contributed by atoms with Crippen LogP contribution in [0.3, 0.4) is 0 Å². The van der Waals surface area contributed by atoms with Gasteiger partial charge in [0.05, 0.1) is 4.90 Å². The van der Waals surface area contributed by atoms with Crippen molar-refractivity contribution in [2.45, 2.75) is 24.3 Å². The second kappa shape index (κ2) is 5.77. The van der Waals surface area contributed by atoms with E-state index in [9.17, 15) is 8.42 Å². The van der Waals surface area contributed by atoms with Crippen LogP contribution in [0.1, 0.15) is 13.3 Å². The van der Waals surface area contributed by atoms with Gasteiger partial charge in [-0.15, -0.1) is 0 Å². The van der Waals surface area contributed by atoms with Crippen LogP contribution >= 0.6 is 15.9 Å². The van der Waals surface area contributed by atoms with Gasteiger partial charge in [-0.2, -0.15) is 0 Å². The highest BCUT2D eigenvalue weighted by Gasteiger charge is 2.17. The minimum Gasteiger partial charge on any atom is -0.329 e. The maximum absolute atomic E-state index is 11.9. The van der Waals surface area contributed by atoms with Crippen LogP contribution in [0.15, 0.2) is 33.6 Å². The average molecular weight is 307 g/mol. The van der Waals surface area contributed by atoms with Crippen LogP contribution < -0.4 is 10.5 Å². The maximum Gasteiger partial charge on any atom is 0.240 e. The smallest absolute Gasteiger partial charge is 0.240 e. The molecule has 0 amide bonds. The van der Waals surface area contributed by atoms with Crippen molar-refractivity contribution in [1.29, 1.82) is 0 Å². The number of hydrogen-bond donors (Lipinski definition) is 2. The zero-order valence-corrected chi connectivity index (χ0v) is 11.4. The Labute approximate surface area is 104 Å². The predicted octanol–water partition coefficient (Wildman–Crippen LogP) is 1.46. The fraction of sp³-hybridized carbons (Fsp3) is 0.400. The molecule has 16 heavy (non-hydrogen) atoms. The van der Waals surface area contributed by atoms with Gasteiger partial charge in [0, 0.05) is 17.1 Å². The van der Waals surface area contributed by atoms with E-state index >= 15 is 0 Å². The minimum atomic E-state index is -3.45. The third kappa shape index (κ3) is 3.55. The molecule has 0 saturated carbocycles. The van der Waals surface area contributed by atoms with Gasteiger partial charge >= 0.3 is 0 Å². The molecular weight excluding hydrogens is 292 g/mol. The van der Waals surface area contributed by atoms with E-state index in [1.54, 1.807) is 24.3 Å². The van der Waals surface area contributed by atoms with E-state index in [0.717, 1.165) is 4.47 Å². The van der Waals surface area contributed by atoms with Crippen molar-refractivity contribution < 1.29 is 8.42 Å². The summed E-state index contributed by atoms with van der Waals surface area (Å²) in [7, 11) is -3.45. The molecule has 1 aromatic rings. The van der Waals surface area contributed by atoms with Crippen molar-refractivity contribution in [1.82, 2.24) is 4.72 Å². The Morgan fingerprint density at radius 3 is 2.38 bits per heavy atom. The number of nitrogens with two attached hydrogens (primary N) is 1. The molecule has 3 N–H and O–H groups in total. The first-order chi connectivity index (χ1) is 7.49. The molecule has 1 rings (SSSR count). The molecule has 6 heteroatoms. The Balaban J connectivity index is 2.89. The highest BCUT2D eigenvalue weighted by molar-refractivity contribution is 9.10. The number of rotatable bonds is 5. The zero-order valence-electron chi connectivity index (χ0n) is 8.98. The van der Waals surface area contributed by atoms with E-state index in [4.69, 9.17) is 5.73 Å². The van der Waals surface area contributed by atoms with E-state index in [-0.39, 0.29) is 10.9 Å². The van der Waals surface area contributed by atoms with Gasteiger partial charge < -0.3 is 5.73 Å². The molecule has 0 aliphatic heterocycles. The fourth-order valence-corrected chi connectivity index (χ4v) is 2.80. The van der Waals surface area contributed by atoms with Crippen molar-refractivity contribution >= 4 is 26.0 Å². The first-order valence-electron chi connectivity index (χ1n) is 4.97. The summed E-state index contributed by atoms with van der Waals surface area (Å²) in [5.41, 5.74) is 5.46. The van der Waals surface area contributed by atoms with Crippen molar-refractivity contribution in [3.05, 3.63) is 28.7 Å². The normalized spacial score (nSPS) is 13.7. The van der Waals surface area contributed by atoms with Crippen LogP contribution in [0.4, 0.5) is 0 Å². The third-order valence-electron chi connectivity index (χ3n) is 2.22. The fourth-order valence-electron chi connectivity index (χ4n) is 1.20. The Bertz CT molecular complexity index is 427. The van der Waals surface area contributed by atoms with Crippen molar-refractivity contribution in [3.63, 3.8) is 0 Å². The second-order valence-electron chi connectivity index (χ2n) is 3.42. The maximum atomic E-state index is 11.9. The van der Waals surface area contributed by atoms with E-state index in [0.29, 0.717) is 13.0 Å². The highest BCUT2D eigenvalue weighted by Crippen LogP contribution is 2.14. The lowest BCUT2D eigenvalue weighted by Gasteiger charge is -2.14. The second-order valence-corrected chi connectivity index (χ2v) is 6.05. The van der Waals surface area contributed by atoms with E-state index in [1.165, 1.54) is 0 Å². The van der Waals surface area contributed by atoms with E-state index < -0.39 is 10.0 Å². The van der Waals surface area contributed by atoms with Gasteiger partial charge in [0.15, 0.2) is 0 Å². The summed E-state index contributed by atoms with van der Waals surface area (Å²) in [4.78, 5) is 0.252. The molecule has 1 aromatic carbocycles. The monoisotopic (exact) mass is 306 g/mol. The molecule has 90 valence electrons. The molecular formula is C10H15BrN2O2S. The average Bonchev–Trinajstić information content (AvgIpc) is 2.26. The first kappa shape index (κ1) is 13.6. The van der Waals surface area contributed by atoms with Crippen LogP contribution in [-0.2, 0) is 10.0 Å². The summed E-state index contributed by atoms with van der Waals surface area (Å²) < 4.78 is 27.2. The number of halogens is 1. The summed E-state index contributed by atoms with van der Waals surface area (Å²) in [6.07, 6.45) is 0.673. The molecule has 0 spiro atoms. The lowest BCUT2D eigenvalue weighted by Crippen LogP contribution is -2.39. The standard InChI is InChI=1S/C10H15BrN2O2S/c1-2-9(7-12)13-16(14,15)10-5-3-8(11)4-6-10/h3-6,9,13H,2,7,12H2,1H3. The summed E-state index contributed by atoms with van der Waals surface area (Å²) in [6, 6.07) is 6.27. The van der Waals surface area contributed by atoms with Crippen LogP contribution in [0.25, 0.3) is 0 Å². The van der Waals surface area contributed by atoms with Crippen LogP contribution in [-0.4, -0.2) is 21.0 Å². The Hall–Kier alpha value is -0.430. The molecule has 0 aromatic heterocycles. The molecule has 0 radical (unpaired) electrons. The predicted molar refractivity (Wildman–Crippen MR) is 67.6 cm³/mol. The zero-order chi connectivity index (χ0) is 12.2. The number of sulfonamides is 1. The molecule has 0 aliphatic rings.